The Labute approximate surface area is 96.6 Å². The van der Waals surface area contributed by atoms with Crippen molar-refractivity contribution in [1.29, 1.82) is 0 Å². The van der Waals surface area contributed by atoms with Gasteiger partial charge in [-0.05, 0) is 19.1 Å². The summed E-state index contributed by atoms with van der Waals surface area (Å²) in [7, 11) is 1.43. The summed E-state index contributed by atoms with van der Waals surface area (Å²) in [6.07, 6.45) is 0.593. The lowest BCUT2D eigenvalue weighted by Crippen LogP contribution is -1.95. The average Bonchev–Trinajstić information content (AvgIpc) is 2.65. The van der Waals surface area contributed by atoms with Gasteiger partial charge >= 0.3 is 5.97 Å². The molecule has 0 bridgehead atoms. The Kier molecular flexibility index (Phi) is 2.59. The van der Waals surface area contributed by atoms with Crippen molar-refractivity contribution in [2.45, 2.75) is 6.92 Å². The average molecular weight is 234 g/mol. The number of aldehydes is 1. The third kappa shape index (κ3) is 1.56. The van der Waals surface area contributed by atoms with Gasteiger partial charge < -0.3 is 14.3 Å². The SMILES string of the molecule is COc1ccc2c(C)c(C(=O)O)oc2c1C=O. The minimum absolute atomic E-state index is 0.156. The Morgan fingerprint density at radius 3 is 2.71 bits per heavy atom. The Morgan fingerprint density at radius 1 is 1.47 bits per heavy atom. The number of ether oxygens (including phenoxy) is 1. The zero-order chi connectivity index (χ0) is 12.6. The van der Waals surface area contributed by atoms with Crippen LogP contribution in [0.3, 0.4) is 0 Å². The highest BCUT2D eigenvalue weighted by atomic mass is 16.5. The fourth-order valence-electron chi connectivity index (χ4n) is 1.78. The van der Waals surface area contributed by atoms with Crippen molar-refractivity contribution in [2.24, 2.45) is 0 Å². The van der Waals surface area contributed by atoms with Crippen LogP contribution in [-0.4, -0.2) is 24.5 Å². The summed E-state index contributed by atoms with van der Waals surface area (Å²) in [6.45, 7) is 1.64. The molecule has 0 aliphatic carbocycles. The van der Waals surface area contributed by atoms with Gasteiger partial charge in [-0.1, -0.05) is 0 Å². The summed E-state index contributed by atoms with van der Waals surface area (Å²) < 4.78 is 10.2. The summed E-state index contributed by atoms with van der Waals surface area (Å²) in [4.78, 5) is 21.9. The monoisotopic (exact) mass is 234 g/mol. The number of hydrogen-bond acceptors (Lipinski definition) is 4. The number of carbonyl (C=O) groups excluding carboxylic acids is 1. The molecule has 1 heterocycles. The second-order valence-electron chi connectivity index (χ2n) is 3.54. The Hall–Kier alpha value is -2.30. The molecule has 5 heteroatoms. The number of fused-ring (bicyclic) bond motifs is 1. The van der Waals surface area contributed by atoms with Gasteiger partial charge in [-0.3, -0.25) is 4.79 Å². The highest BCUT2D eigenvalue weighted by Gasteiger charge is 2.20. The van der Waals surface area contributed by atoms with Crippen molar-refractivity contribution in [3.05, 3.63) is 29.0 Å². The topological polar surface area (TPSA) is 76.7 Å². The van der Waals surface area contributed by atoms with Crippen LogP contribution in [0.25, 0.3) is 11.0 Å². The number of rotatable bonds is 3. The van der Waals surface area contributed by atoms with Crippen LogP contribution in [0.4, 0.5) is 0 Å². The largest absolute Gasteiger partial charge is 0.496 e. The molecule has 2 rings (SSSR count). The van der Waals surface area contributed by atoms with Gasteiger partial charge in [-0.25, -0.2) is 4.79 Å². The molecule has 88 valence electrons. The van der Waals surface area contributed by atoms with Crippen molar-refractivity contribution < 1.29 is 23.8 Å². The van der Waals surface area contributed by atoms with E-state index in [9.17, 15) is 9.59 Å². The standard InChI is InChI=1S/C12H10O5/c1-6-7-3-4-9(16-2)8(5-13)11(7)17-10(6)12(14)15/h3-5H,1-2H3,(H,14,15). The smallest absolute Gasteiger partial charge is 0.372 e. The van der Waals surface area contributed by atoms with E-state index < -0.39 is 5.97 Å². The highest BCUT2D eigenvalue weighted by Crippen LogP contribution is 2.32. The van der Waals surface area contributed by atoms with Crippen molar-refractivity contribution in [1.82, 2.24) is 0 Å². The van der Waals surface area contributed by atoms with E-state index in [2.05, 4.69) is 0 Å². The molecule has 17 heavy (non-hydrogen) atoms. The van der Waals surface area contributed by atoms with E-state index in [0.29, 0.717) is 23.0 Å². The van der Waals surface area contributed by atoms with E-state index in [1.54, 1.807) is 19.1 Å². The number of methoxy groups -OCH3 is 1. The van der Waals surface area contributed by atoms with Crippen molar-refractivity contribution in [3.63, 3.8) is 0 Å². The Morgan fingerprint density at radius 2 is 2.18 bits per heavy atom. The number of furan rings is 1. The van der Waals surface area contributed by atoms with Gasteiger partial charge in [0, 0.05) is 10.9 Å². The van der Waals surface area contributed by atoms with Gasteiger partial charge in [0.05, 0.1) is 12.7 Å². The van der Waals surface area contributed by atoms with Gasteiger partial charge in [0.2, 0.25) is 5.76 Å². The molecule has 0 saturated heterocycles. The first kappa shape index (κ1) is 11.2. The van der Waals surface area contributed by atoms with Crippen LogP contribution in [0.2, 0.25) is 0 Å². The third-order valence-electron chi connectivity index (χ3n) is 2.64. The van der Waals surface area contributed by atoms with Crippen LogP contribution in [0.5, 0.6) is 5.75 Å². The maximum Gasteiger partial charge on any atom is 0.372 e. The summed E-state index contributed by atoms with van der Waals surface area (Å²) in [5.41, 5.74) is 0.966. The predicted octanol–water partition coefficient (Wildman–Crippen LogP) is 2.26. The number of benzene rings is 1. The van der Waals surface area contributed by atoms with Crippen molar-refractivity contribution in [3.8, 4) is 5.75 Å². The number of hydrogen-bond donors (Lipinski definition) is 1. The molecule has 1 aromatic heterocycles. The molecule has 0 unspecified atom stereocenters. The summed E-state index contributed by atoms with van der Waals surface area (Å²) in [5, 5.41) is 9.55. The molecule has 5 nitrogen and oxygen atoms in total. The highest BCUT2D eigenvalue weighted by molar-refractivity contribution is 6.02. The Balaban J connectivity index is 2.86. The lowest BCUT2D eigenvalue weighted by Gasteiger charge is -2.02. The third-order valence-corrected chi connectivity index (χ3v) is 2.64. The number of carbonyl (C=O) groups is 2. The molecule has 0 fully saturated rings. The fourth-order valence-corrected chi connectivity index (χ4v) is 1.78. The first-order chi connectivity index (χ1) is 8.10. The molecule has 0 spiro atoms. The molecular weight excluding hydrogens is 224 g/mol. The molecule has 0 atom stereocenters. The van der Waals surface area contributed by atoms with Crippen LogP contribution in [0.15, 0.2) is 16.5 Å². The molecule has 0 aliphatic heterocycles. The molecule has 1 N–H and O–H groups in total. The van der Waals surface area contributed by atoms with Gasteiger partial charge in [0.25, 0.3) is 0 Å². The number of carboxylic acids is 1. The van der Waals surface area contributed by atoms with Crippen LogP contribution in [0.1, 0.15) is 26.5 Å². The van der Waals surface area contributed by atoms with E-state index in [4.69, 9.17) is 14.3 Å². The van der Waals surface area contributed by atoms with E-state index >= 15 is 0 Å². The molecule has 0 radical (unpaired) electrons. The Bertz CT molecular complexity index is 609. The zero-order valence-electron chi connectivity index (χ0n) is 9.31. The number of aromatic carboxylic acids is 1. The van der Waals surface area contributed by atoms with Crippen LogP contribution < -0.4 is 4.74 Å². The summed E-state index contributed by atoms with van der Waals surface area (Å²) >= 11 is 0. The predicted molar refractivity (Wildman–Crippen MR) is 59.8 cm³/mol. The van der Waals surface area contributed by atoms with E-state index in [1.165, 1.54) is 7.11 Å². The van der Waals surface area contributed by atoms with Gasteiger partial charge in [0.1, 0.15) is 11.3 Å². The first-order valence-electron chi connectivity index (χ1n) is 4.88. The van der Waals surface area contributed by atoms with E-state index in [0.717, 1.165) is 0 Å². The molecule has 1 aromatic carbocycles. The maximum atomic E-state index is 11.0. The maximum absolute atomic E-state index is 11.0. The zero-order valence-corrected chi connectivity index (χ0v) is 9.31. The molecule has 0 amide bonds. The number of carboxylic acid groups (broad SMARTS) is 1. The van der Waals surface area contributed by atoms with E-state index in [1.807, 2.05) is 0 Å². The van der Waals surface area contributed by atoms with Crippen molar-refractivity contribution in [2.75, 3.05) is 7.11 Å². The van der Waals surface area contributed by atoms with Gasteiger partial charge in [0.15, 0.2) is 6.29 Å². The quantitative estimate of drug-likeness (QED) is 0.824. The van der Waals surface area contributed by atoms with Crippen LogP contribution in [0, 0.1) is 6.92 Å². The second kappa shape index (κ2) is 3.93. The number of aryl methyl sites for hydroxylation is 1. The van der Waals surface area contributed by atoms with Crippen LogP contribution in [-0.2, 0) is 0 Å². The first-order valence-corrected chi connectivity index (χ1v) is 4.88. The second-order valence-corrected chi connectivity index (χ2v) is 3.54. The van der Waals surface area contributed by atoms with Gasteiger partial charge in [-0.2, -0.15) is 0 Å². The summed E-state index contributed by atoms with van der Waals surface area (Å²) in [6, 6.07) is 3.28. The van der Waals surface area contributed by atoms with Gasteiger partial charge in [-0.15, -0.1) is 0 Å². The van der Waals surface area contributed by atoms with Crippen molar-refractivity contribution >= 4 is 23.2 Å². The lowest BCUT2D eigenvalue weighted by atomic mass is 10.1. The minimum Gasteiger partial charge on any atom is -0.496 e. The summed E-state index contributed by atoms with van der Waals surface area (Å²) in [5.74, 6) is -0.955. The molecular formula is C12H10O5. The van der Waals surface area contributed by atoms with Crippen LogP contribution >= 0.6 is 0 Å². The normalized spacial score (nSPS) is 10.5. The lowest BCUT2D eigenvalue weighted by molar-refractivity contribution is 0.0663. The van der Waals surface area contributed by atoms with E-state index in [-0.39, 0.29) is 16.9 Å². The molecule has 0 saturated carbocycles. The molecule has 2 aromatic rings. The minimum atomic E-state index is -1.16. The molecule has 0 aliphatic rings. The fraction of sp³-hybridized carbons (Fsp3) is 0.167.